The van der Waals surface area contributed by atoms with E-state index in [1.54, 1.807) is 0 Å². The Hall–Kier alpha value is -1.12. The summed E-state index contributed by atoms with van der Waals surface area (Å²) in [5.74, 6) is 0.644. The Balaban J connectivity index is 2.28. The topological polar surface area (TPSA) is 12.0 Å². The number of aryl methyl sites for hydroxylation is 1. The molecule has 0 radical (unpaired) electrons. The highest BCUT2D eigenvalue weighted by molar-refractivity contribution is 7.10. The second kappa shape index (κ2) is 7.05. The summed E-state index contributed by atoms with van der Waals surface area (Å²) in [5, 5.41) is 5.67. The third kappa shape index (κ3) is 3.13. The van der Waals surface area contributed by atoms with Crippen molar-refractivity contribution in [2.75, 3.05) is 7.05 Å². The monoisotopic (exact) mass is 287 g/mol. The Bertz CT molecular complexity index is 527. The van der Waals surface area contributed by atoms with Crippen molar-refractivity contribution in [2.24, 2.45) is 0 Å². The minimum Gasteiger partial charge on any atom is -0.309 e. The van der Waals surface area contributed by atoms with E-state index in [4.69, 9.17) is 0 Å². The van der Waals surface area contributed by atoms with Gasteiger partial charge in [0.25, 0.3) is 0 Å². The number of nitrogens with one attached hydrogen (secondary N) is 1. The Morgan fingerprint density at radius 1 is 1.05 bits per heavy atom. The summed E-state index contributed by atoms with van der Waals surface area (Å²) in [6, 6.07) is 11.7. The van der Waals surface area contributed by atoms with E-state index in [1.165, 1.54) is 28.0 Å². The number of hydrogen-bond acceptors (Lipinski definition) is 2. The summed E-state index contributed by atoms with van der Waals surface area (Å²) in [5.41, 5.74) is 4.25. The van der Waals surface area contributed by atoms with Crippen LogP contribution in [0.15, 0.2) is 35.7 Å². The van der Waals surface area contributed by atoms with Crippen LogP contribution >= 0.6 is 11.3 Å². The highest BCUT2D eigenvalue weighted by Gasteiger charge is 2.16. The van der Waals surface area contributed by atoms with Gasteiger partial charge >= 0.3 is 0 Å². The van der Waals surface area contributed by atoms with E-state index in [0.717, 1.165) is 6.42 Å². The van der Waals surface area contributed by atoms with Gasteiger partial charge in [-0.05, 0) is 53.9 Å². The molecule has 0 bridgehead atoms. The van der Waals surface area contributed by atoms with Gasteiger partial charge in [-0.25, -0.2) is 0 Å². The van der Waals surface area contributed by atoms with Gasteiger partial charge in [-0.2, -0.15) is 0 Å². The summed E-state index contributed by atoms with van der Waals surface area (Å²) in [4.78, 5) is 1.45. The highest BCUT2D eigenvalue weighted by atomic mass is 32.1. The number of rotatable bonds is 6. The van der Waals surface area contributed by atoms with Crippen LogP contribution in [0.25, 0.3) is 0 Å². The van der Waals surface area contributed by atoms with Gasteiger partial charge < -0.3 is 5.32 Å². The highest BCUT2D eigenvalue weighted by Crippen LogP contribution is 2.31. The van der Waals surface area contributed by atoms with E-state index >= 15 is 0 Å². The Labute approximate surface area is 127 Å². The quantitative estimate of drug-likeness (QED) is 0.776. The van der Waals surface area contributed by atoms with Gasteiger partial charge in [-0.3, -0.25) is 0 Å². The van der Waals surface area contributed by atoms with Gasteiger partial charge in [0.1, 0.15) is 0 Å². The molecule has 2 atom stereocenters. The summed E-state index contributed by atoms with van der Waals surface area (Å²) in [6.45, 7) is 6.76. The van der Waals surface area contributed by atoms with E-state index in [1.807, 2.05) is 18.4 Å². The summed E-state index contributed by atoms with van der Waals surface area (Å²) < 4.78 is 0. The van der Waals surface area contributed by atoms with Gasteiger partial charge in [0.15, 0.2) is 0 Å². The molecule has 2 rings (SSSR count). The van der Waals surface area contributed by atoms with Crippen molar-refractivity contribution < 1.29 is 0 Å². The van der Waals surface area contributed by atoms with Crippen LogP contribution in [-0.4, -0.2) is 7.05 Å². The molecule has 0 aliphatic rings. The van der Waals surface area contributed by atoms with E-state index in [-0.39, 0.29) is 0 Å². The van der Waals surface area contributed by atoms with Crippen molar-refractivity contribution in [2.45, 2.75) is 45.6 Å². The molecule has 0 saturated heterocycles. The normalized spacial score (nSPS) is 14.2. The molecule has 2 unspecified atom stereocenters. The molecule has 0 spiro atoms. The first-order chi connectivity index (χ1) is 9.71. The van der Waals surface area contributed by atoms with Crippen molar-refractivity contribution in [3.05, 3.63) is 57.3 Å². The molecule has 108 valence electrons. The zero-order valence-electron chi connectivity index (χ0n) is 12.9. The van der Waals surface area contributed by atoms with Gasteiger partial charge in [0.2, 0.25) is 0 Å². The van der Waals surface area contributed by atoms with Crippen molar-refractivity contribution in [1.82, 2.24) is 5.32 Å². The predicted molar refractivity (Wildman–Crippen MR) is 89.7 cm³/mol. The van der Waals surface area contributed by atoms with Crippen LogP contribution in [0.4, 0.5) is 0 Å². The first-order valence-corrected chi connectivity index (χ1v) is 8.42. The van der Waals surface area contributed by atoms with Crippen molar-refractivity contribution in [3.8, 4) is 0 Å². The first-order valence-electron chi connectivity index (χ1n) is 7.54. The lowest BCUT2D eigenvalue weighted by Crippen LogP contribution is -2.17. The molecule has 0 aliphatic heterocycles. The van der Waals surface area contributed by atoms with Crippen molar-refractivity contribution >= 4 is 11.3 Å². The van der Waals surface area contributed by atoms with E-state index in [9.17, 15) is 0 Å². The lowest BCUT2D eigenvalue weighted by molar-refractivity contribution is 0.693. The summed E-state index contributed by atoms with van der Waals surface area (Å²) in [7, 11) is 2.05. The Kier molecular flexibility index (Phi) is 5.38. The van der Waals surface area contributed by atoms with Crippen LogP contribution in [0.2, 0.25) is 0 Å². The Morgan fingerprint density at radius 2 is 1.70 bits per heavy atom. The van der Waals surface area contributed by atoms with Crippen LogP contribution < -0.4 is 5.32 Å². The largest absolute Gasteiger partial charge is 0.309 e. The third-order valence-electron chi connectivity index (χ3n) is 4.16. The molecule has 1 aromatic carbocycles. The molecule has 1 N–H and O–H groups in total. The number of hydrogen-bond donors (Lipinski definition) is 1. The maximum Gasteiger partial charge on any atom is 0.0671 e. The van der Waals surface area contributed by atoms with Crippen molar-refractivity contribution in [1.29, 1.82) is 0 Å². The van der Waals surface area contributed by atoms with E-state index in [0.29, 0.717) is 12.0 Å². The van der Waals surface area contributed by atoms with Crippen LogP contribution in [0, 0.1) is 0 Å². The standard InChI is InChI=1S/C18H25NS/c1-5-13(3)15-7-9-16(10-8-15)17(19-4)18-14(6-2)11-12-20-18/h7-13,17,19H,5-6H2,1-4H3. The minimum atomic E-state index is 0.316. The first kappa shape index (κ1) is 15.3. The van der Waals surface area contributed by atoms with Gasteiger partial charge in [-0.1, -0.05) is 45.0 Å². The summed E-state index contributed by atoms with van der Waals surface area (Å²) in [6.07, 6.45) is 2.29. The van der Waals surface area contributed by atoms with Crippen LogP contribution in [0.3, 0.4) is 0 Å². The fraction of sp³-hybridized carbons (Fsp3) is 0.444. The molecule has 1 aromatic heterocycles. The molecule has 0 fully saturated rings. The molecule has 2 aromatic rings. The zero-order valence-corrected chi connectivity index (χ0v) is 13.8. The van der Waals surface area contributed by atoms with Gasteiger partial charge in [0.05, 0.1) is 6.04 Å². The molecule has 2 heteroatoms. The van der Waals surface area contributed by atoms with Crippen LogP contribution in [0.5, 0.6) is 0 Å². The van der Waals surface area contributed by atoms with E-state index in [2.05, 4.69) is 61.8 Å². The lowest BCUT2D eigenvalue weighted by atomic mass is 9.95. The van der Waals surface area contributed by atoms with Crippen LogP contribution in [-0.2, 0) is 6.42 Å². The number of benzene rings is 1. The molecule has 1 nitrogen and oxygen atoms in total. The SMILES string of the molecule is CCc1ccsc1C(NC)c1ccc(C(C)CC)cc1. The maximum absolute atomic E-state index is 3.47. The van der Waals surface area contributed by atoms with Gasteiger partial charge in [-0.15, -0.1) is 11.3 Å². The van der Waals surface area contributed by atoms with E-state index < -0.39 is 0 Å². The zero-order chi connectivity index (χ0) is 14.5. The molecule has 0 saturated carbocycles. The Morgan fingerprint density at radius 3 is 2.25 bits per heavy atom. The third-order valence-corrected chi connectivity index (χ3v) is 5.19. The van der Waals surface area contributed by atoms with Crippen molar-refractivity contribution in [3.63, 3.8) is 0 Å². The van der Waals surface area contributed by atoms with Crippen LogP contribution in [0.1, 0.15) is 60.7 Å². The average molecular weight is 287 g/mol. The fourth-order valence-corrected chi connectivity index (χ4v) is 3.73. The minimum absolute atomic E-state index is 0.316. The molecular weight excluding hydrogens is 262 g/mol. The lowest BCUT2D eigenvalue weighted by Gasteiger charge is -2.18. The smallest absolute Gasteiger partial charge is 0.0671 e. The van der Waals surface area contributed by atoms with Gasteiger partial charge in [0, 0.05) is 4.88 Å². The summed E-state index contributed by atoms with van der Waals surface area (Å²) >= 11 is 1.85. The second-order valence-corrected chi connectivity index (χ2v) is 6.31. The number of thiophene rings is 1. The molecule has 0 aliphatic carbocycles. The second-order valence-electron chi connectivity index (χ2n) is 5.36. The average Bonchev–Trinajstić information content (AvgIpc) is 2.96. The fourth-order valence-electron chi connectivity index (χ4n) is 2.59. The molecule has 1 heterocycles. The maximum atomic E-state index is 3.47. The molecular formula is C18H25NS. The molecule has 0 amide bonds. The molecule has 20 heavy (non-hydrogen) atoms. The predicted octanol–water partition coefficient (Wildman–Crippen LogP) is 5.13.